The van der Waals surface area contributed by atoms with Gasteiger partial charge in [0.1, 0.15) is 5.60 Å². The first-order valence-electron chi connectivity index (χ1n) is 6.53. The molecule has 0 aliphatic heterocycles. The first-order valence-corrected chi connectivity index (χ1v) is 6.53. The number of benzene rings is 1. The molecule has 106 valence electrons. The summed E-state index contributed by atoms with van der Waals surface area (Å²) in [6.07, 6.45) is 4.81. The van der Waals surface area contributed by atoms with Crippen LogP contribution in [0.2, 0.25) is 0 Å². The third-order valence-electron chi connectivity index (χ3n) is 2.76. The van der Waals surface area contributed by atoms with Crippen LogP contribution in [-0.2, 0) is 4.74 Å². The number of hydrogen-bond donors (Lipinski definition) is 1. The fraction of sp³-hybridized carbons (Fsp3) is 0.312. The molecule has 0 radical (unpaired) electrons. The summed E-state index contributed by atoms with van der Waals surface area (Å²) in [6.45, 7) is 5.51. The predicted octanol–water partition coefficient (Wildman–Crippen LogP) is 3.43. The van der Waals surface area contributed by atoms with E-state index in [0.29, 0.717) is 0 Å². The summed E-state index contributed by atoms with van der Waals surface area (Å²) in [6, 6.07) is 7.56. The molecule has 0 atom stereocenters. The van der Waals surface area contributed by atoms with Crippen molar-refractivity contribution in [2.75, 3.05) is 6.61 Å². The first kappa shape index (κ1) is 14.3. The molecule has 0 bridgehead atoms. The Bertz CT molecular complexity index is 647. The highest BCUT2D eigenvalue weighted by Gasteiger charge is 2.19. The average Bonchev–Trinajstić information content (AvgIpc) is 2.78. The van der Waals surface area contributed by atoms with Gasteiger partial charge in [-0.05, 0) is 38.5 Å². The molecule has 0 fully saturated rings. The maximum Gasteiger partial charge on any atom is 0.418 e. The molecule has 0 unspecified atom stereocenters. The van der Waals surface area contributed by atoms with Crippen LogP contribution in [0.3, 0.4) is 0 Å². The molecule has 0 aliphatic carbocycles. The van der Waals surface area contributed by atoms with Gasteiger partial charge in [-0.25, -0.2) is 4.79 Å². The van der Waals surface area contributed by atoms with E-state index >= 15 is 0 Å². The molecule has 4 heteroatoms. The zero-order chi connectivity index (χ0) is 14.8. The highest BCUT2D eigenvalue weighted by Crippen LogP contribution is 2.22. The van der Waals surface area contributed by atoms with E-state index in [9.17, 15) is 4.79 Å². The van der Waals surface area contributed by atoms with Crippen molar-refractivity contribution in [3.63, 3.8) is 0 Å². The predicted molar refractivity (Wildman–Crippen MR) is 79.7 cm³/mol. The van der Waals surface area contributed by atoms with Crippen LogP contribution in [0.1, 0.15) is 26.3 Å². The Morgan fingerprint density at radius 1 is 1.35 bits per heavy atom. The molecule has 2 aromatic rings. The Hall–Kier alpha value is -2.07. The Morgan fingerprint density at radius 3 is 2.75 bits per heavy atom. The Morgan fingerprint density at radius 2 is 2.10 bits per heavy atom. The lowest BCUT2D eigenvalue weighted by Gasteiger charge is -2.19. The van der Waals surface area contributed by atoms with Crippen LogP contribution in [0.25, 0.3) is 17.0 Å². The molecule has 4 nitrogen and oxygen atoms in total. The van der Waals surface area contributed by atoms with Crippen LogP contribution in [0.4, 0.5) is 4.79 Å². The fourth-order valence-electron chi connectivity index (χ4n) is 1.99. The molecule has 1 aromatic carbocycles. The van der Waals surface area contributed by atoms with Crippen molar-refractivity contribution in [2.45, 2.75) is 26.4 Å². The highest BCUT2D eigenvalue weighted by molar-refractivity contribution is 5.94. The fourth-order valence-corrected chi connectivity index (χ4v) is 1.99. The van der Waals surface area contributed by atoms with Crippen molar-refractivity contribution in [3.05, 3.63) is 42.1 Å². The quantitative estimate of drug-likeness (QED) is 0.912. The maximum atomic E-state index is 12.1. The minimum atomic E-state index is -0.526. The molecule has 0 saturated heterocycles. The number of aliphatic hydroxyl groups excluding tert-OH is 1. The van der Waals surface area contributed by atoms with Gasteiger partial charge in [-0.3, -0.25) is 4.57 Å². The summed E-state index contributed by atoms with van der Waals surface area (Å²) in [5.74, 6) is 0. The van der Waals surface area contributed by atoms with Crippen LogP contribution in [0.5, 0.6) is 0 Å². The lowest BCUT2D eigenvalue weighted by atomic mass is 10.1. The van der Waals surface area contributed by atoms with E-state index in [2.05, 4.69) is 0 Å². The summed E-state index contributed by atoms with van der Waals surface area (Å²) < 4.78 is 6.87. The molecule has 0 amide bonds. The molecule has 20 heavy (non-hydrogen) atoms. The molecule has 1 heterocycles. The summed E-state index contributed by atoms with van der Waals surface area (Å²) in [7, 11) is 0. The number of rotatable bonds is 2. The lowest BCUT2D eigenvalue weighted by Crippen LogP contribution is -2.26. The van der Waals surface area contributed by atoms with Crippen LogP contribution in [0, 0.1) is 0 Å². The molecule has 2 rings (SSSR count). The van der Waals surface area contributed by atoms with Gasteiger partial charge < -0.3 is 9.84 Å². The largest absolute Gasteiger partial charge is 0.443 e. The Balaban J connectivity index is 2.42. The molecular weight excluding hydrogens is 254 g/mol. The van der Waals surface area contributed by atoms with Gasteiger partial charge in [-0.15, -0.1) is 0 Å². The highest BCUT2D eigenvalue weighted by atomic mass is 16.6. The number of aliphatic hydroxyl groups is 1. The van der Waals surface area contributed by atoms with E-state index in [1.807, 2.05) is 51.1 Å². The van der Waals surface area contributed by atoms with E-state index in [-0.39, 0.29) is 6.61 Å². The van der Waals surface area contributed by atoms with Gasteiger partial charge in [0.25, 0.3) is 0 Å². The minimum Gasteiger partial charge on any atom is -0.443 e. The summed E-state index contributed by atoms with van der Waals surface area (Å²) in [5, 5.41) is 9.80. The number of ether oxygens (including phenoxy) is 1. The zero-order valence-electron chi connectivity index (χ0n) is 12.0. The van der Waals surface area contributed by atoms with Gasteiger partial charge in [0.15, 0.2) is 0 Å². The van der Waals surface area contributed by atoms with Crippen molar-refractivity contribution in [1.82, 2.24) is 4.57 Å². The SMILES string of the molecule is CC(C)(C)OC(=O)n1ccc2c(C=CCO)cccc21. The van der Waals surface area contributed by atoms with E-state index in [1.54, 1.807) is 12.3 Å². The zero-order valence-corrected chi connectivity index (χ0v) is 12.0. The van der Waals surface area contributed by atoms with Crippen molar-refractivity contribution in [1.29, 1.82) is 0 Å². The second-order valence-corrected chi connectivity index (χ2v) is 5.53. The standard InChI is InChI=1S/C16H19NO3/c1-16(2,3)20-15(19)17-10-9-13-12(7-5-11-18)6-4-8-14(13)17/h4-10,18H,11H2,1-3H3. The van der Waals surface area contributed by atoms with E-state index in [4.69, 9.17) is 9.84 Å². The van der Waals surface area contributed by atoms with Crippen molar-refractivity contribution >= 4 is 23.1 Å². The summed E-state index contributed by atoms with van der Waals surface area (Å²) >= 11 is 0. The maximum absolute atomic E-state index is 12.1. The summed E-state index contributed by atoms with van der Waals surface area (Å²) in [4.78, 5) is 12.1. The number of nitrogens with zero attached hydrogens (tertiary/aromatic N) is 1. The van der Waals surface area contributed by atoms with Crippen LogP contribution in [0.15, 0.2) is 36.5 Å². The second-order valence-electron chi connectivity index (χ2n) is 5.53. The summed E-state index contributed by atoms with van der Waals surface area (Å²) in [5.41, 5.74) is 1.22. The van der Waals surface area contributed by atoms with Crippen molar-refractivity contribution < 1.29 is 14.6 Å². The first-order chi connectivity index (χ1) is 9.42. The second kappa shape index (κ2) is 5.51. The number of hydrogen-bond acceptors (Lipinski definition) is 3. The smallest absolute Gasteiger partial charge is 0.418 e. The number of carbonyl (C=O) groups excluding carboxylic acids is 1. The number of aromatic nitrogens is 1. The normalized spacial score (nSPS) is 12.2. The Kier molecular flexibility index (Phi) is 3.95. The molecule has 0 spiro atoms. The monoisotopic (exact) mass is 273 g/mol. The van der Waals surface area contributed by atoms with E-state index in [1.165, 1.54) is 4.57 Å². The lowest BCUT2D eigenvalue weighted by molar-refractivity contribution is 0.0544. The van der Waals surface area contributed by atoms with Gasteiger partial charge in [0.2, 0.25) is 0 Å². The van der Waals surface area contributed by atoms with Crippen LogP contribution in [-0.4, -0.2) is 28.0 Å². The number of fused-ring (bicyclic) bond motifs is 1. The van der Waals surface area contributed by atoms with E-state index in [0.717, 1.165) is 16.5 Å². The van der Waals surface area contributed by atoms with Gasteiger partial charge in [0, 0.05) is 11.6 Å². The molecule has 0 aliphatic rings. The van der Waals surface area contributed by atoms with Gasteiger partial charge in [0.05, 0.1) is 12.1 Å². The van der Waals surface area contributed by atoms with Crippen molar-refractivity contribution in [3.8, 4) is 0 Å². The Labute approximate surface area is 118 Å². The third-order valence-corrected chi connectivity index (χ3v) is 2.76. The molecule has 1 aromatic heterocycles. The third kappa shape index (κ3) is 3.08. The van der Waals surface area contributed by atoms with E-state index < -0.39 is 11.7 Å². The molecule has 0 saturated carbocycles. The van der Waals surface area contributed by atoms with Crippen LogP contribution >= 0.6 is 0 Å². The van der Waals surface area contributed by atoms with Gasteiger partial charge in [-0.2, -0.15) is 0 Å². The topological polar surface area (TPSA) is 51.5 Å². The minimum absolute atomic E-state index is 0.0108. The van der Waals surface area contributed by atoms with Gasteiger partial charge >= 0.3 is 6.09 Å². The van der Waals surface area contributed by atoms with Crippen LogP contribution < -0.4 is 0 Å². The molecule has 1 N–H and O–H groups in total. The number of carbonyl (C=O) groups is 1. The average molecular weight is 273 g/mol. The molecular formula is C16H19NO3. The van der Waals surface area contributed by atoms with Crippen molar-refractivity contribution in [2.24, 2.45) is 0 Å². The van der Waals surface area contributed by atoms with Gasteiger partial charge in [-0.1, -0.05) is 24.3 Å².